The number of unbranched alkanes of at least 4 members (excludes halogenated alkanes) is 26. The van der Waals surface area contributed by atoms with E-state index in [-0.39, 0.29) is 0 Å². The minimum atomic E-state index is -0.745. The van der Waals surface area contributed by atoms with Crippen molar-refractivity contribution >= 4 is 5.97 Å². The summed E-state index contributed by atoms with van der Waals surface area (Å²) in [7, 11) is 0. The van der Waals surface area contributed by atoms with Gasteiger partial charge in [-0.15, -0.1) is 0 Å². The zero-order valence-corrected chi connectivity index (χ0v) is 26.1. The normalized spacial score (nSPS) is 12.1. The smallest absolute Gasteiger partial charge is 0.331 e. The van der Waals surface area contributed by atoms with E-state index in [0.717, 1.165) is 19.3 Å². The van der Waals surface area contributed by atoms with Crippen molar-refractivity contribution in [2.45, 2.75) is 200 Å². The molecule has 1 N–H and O–H groups in total. The largest absolute Gasteiger partial charge is 0.478 e. The average Bonchev–Trinajstić information content (AvgIpc) is 2.91. The Kier molecular flexibility index (Phi) is 31.3. The maximum Gasteiger partial charge on any atom is 0.331 e. The summed E-state index contributed by atoms with van der Waals surface area (Å²) in [4.78, 5) is 11.6. The van der Waals surface area contributed by atoms with Crippen LogP contribution in [-0.4, -0.2) is 11.1 Å². The Morgan fingerprint density at radius 3 is 1.13 bits per heavy atom. The summed E-state index contributed by atoms with van der Waals surface area (Å²) in [5.74, 6) is -0.745. The van der Waals surface area contributed by atoms with Gasteiger partial charge in [-0.25, -0.2) is 4.79 Å². The highest BCUT2D eigenvalue weighted by Crippen LogP contribution is 2.16. The topological polar surface area (TPSA) is 37.3 Å². The van der Waals surface area contributed by atoms with Gasteiger partial charge in [0.15, 0.2) is 0 Å². The molecule has 0 saturated heterocycles. The molecule has 0 atom stereocenters. The predicted molar refractivity (Wildman–Crippen MR) is 170 cm³/mol. The molecule has 2 nitrogen and oxygen atoms in total. The van der Waals surface area contributed by atoms with E-state index < -0.39 is 5.97 Å². The first-order valence-corrected chi connectivity index (χ1v) is 17.3. The summed E-state index contributed by atoms with van der Waals surface area (Å²) < 4.78 is 0. The van der Waals surface area contributed by atoms with E-state index in [9.17, 15) is 9.90 Å². The number of hydrogen-bond acceptors (Lipinski definition) is 1. The van der Waals surface area contributed by atoms with Crippen LogP contribution in [-0.2, 0) is 4.79 Å². The number of carboxylic acids is 1. The van der Waals surface area contributed by atoms with Crippen LogP contribution < -0.4 is 0 Å². The summed E-state index contributed by atoms with van der Waals surface area (Å²) in [6.07, 6.45) is 44.4. The van der Waals surface area contributed by atoms with E-state index in [1.165, 1.54) is 161 Å². The Morgan fingerprint density at radius 1 is 0.474 bits per heavy atom. The van der Waals surface area contributed by atoms with Crippen LogP contribution in [0.1, 0.15) is 200 Å². The summed E-state index contributed by atoms with van der Waals surface area (Å²) in [6, 6.07) is 0. The van der Waals surface area contributed by atoms with Crippen molar-refractivity contribution in [1.82, 2.24) is 0 Å². The van der Waals surface area contributed by atoms with Crippen molar-refractivity contribution in [2.24, 2.45) is 0 Å². The minimum absolute atomic E-state index is 0.575. The molecular formula is C36H68O2. The van der Waals surface area contributed by atoms with Gasteiger partial charge in [0.2, 0.25) is 0 Å². The van der Waals surface area contributed by atoms with Crippen molar-refractivity contribution in [1.29, 1.82) is 0 Å². The highest BCUT2D eigenvalue weighted by Gasteiger charge is 2.05. The van der Waals surface area contributed by atoms with Gasteiger partial charge in [-0.1, -0.05) is 193 Å². The Morgan fingerprint density at radius 2 is 0.789 bits per heavy atom. The van der Waals surface area contributed by atoms with Gasteiger partial charge < -0.3 is 5.11 Å². The Bertz CT molecular complexity index is 533. The number of carbonyl (C=O) groups is 1. The Hall–Kier alpha value is -1.05. The molecule has 0 fully saturated rings. The summed E-state index contributed by atoms with van der Waals surface area (Å²) in [5, 5.41) is 9.50. The van der Waals surface area contributed by atoms with E-state index in [4.69, 9.17) is 0 Å². The summed E-state index contributed by atoms with van der Waals surface area (Å²) in [6.45, 7) is 4.56. The van der Waals surface area contributed by atoms with Gasteiger partial charge in [-0.2, -0.15) is 0 Å². The second kappa shape index (κ2) is 32.2. The minimum Gasteiger partial charge on any atom is -0.478 e. The van der Waals surface area contributed by atoms with Crippen LogP contribution in [0.5, 0.6) is 0 Å². The second-order valence-corrected chi connectivity index (χ2v) is 11.8. The van der Waals surface area contributed by atoms with Crippen molar-refractivity contribution < 1.29 is 9.90 Å². The lowest BCUT2D eigenvalue weighted by molar-refractivity contribution is -0.132. The molecule has 0 spiro atoms. The molecule has 0 saturated carbocycles. The quantitative estimate of drug-likeness (QED) is 0.0547. The average molecular weight is 533 g/mol. The van der Waals surface area contributed by atoms with Crippen molar-refractivity contribution in [3.8, 4) is 0 Å². The van der Waals surface area contributed by atoms with Crippen LogP contribution in [0.4, 0.5) is 0 Å². The van der Waals surface area contributed by atoms with Crippen molar-refractivity contribution in [3.05, 3.63) is 23.8 Å². The Labute approximate surface area is 239 Å². The molecule has 0 aromatic heterocycles. The molecule has 38 heavy (non-hydrogen) atoms. The second-order valence-electron chi connectivity index (χ2n) is 11.8. The molecule has 0 rings (SSSR count). The fourth-order valence-corrected chi connectivity index (χ4v) is 5.33. The van der Waals surface area contributed by atoms with Gasteiger partial charge in [0.25, 0.3) is 0 Å². The number of allylic oxidation sites excluding steroid dienone is 3. The molecule has 2 heteroatoms. The lowest BCUT2D eigenvalue weighted by Gasteiger charge is -2.04. The third-order valence-electron chi connectivity index (χ3n) is 7.98. The summed E-state index contributed by atoms with van der Waals surface area (Å²) >= 11 is 0. The fraction of sp³-hybridized carbons (Fsp3) is 0.861. The third kappa shape index (κ3) is 29.5. The SMILES string of the molecule is CCCCCCCCCCCCCCCC=CC=C(CCCCCCCCCCCCCCCC)C(=O)O. The van der Waals surface area contributed by atoms with Crippen LogP contribution in [0.15, 0.2) is 23.8 Å². The maximum absolute atomic E-state index is 11.6. The van der Waals surface area contributed by atoms with Crippen LogP contribution in [0.25, 0.3) is 0 Å². The molecule has 0 amide bonds. The first-order valence-electron chi connectivity index (χ1n) is 17.3. The molecule has 0 bridgehead atoms. The zero-order chi connectivity index (χ0) is 27.8. The first kappa shape index (κ1) is 37.0. The lowest BCUT2D eigenvalue weighted by Crippen LogP contribution is -2.00. The molecule has 224 valence electrons. The molecule has 0 aliphatic rings. The van der Waals surface area contributed by atoms with Crippen LogP contribution in [0.2, 0.25) is 0 Å². The van der Waals surface area contributed by atoms with Crippen molar-refractivity contribution in [2.75, 3.05) is 0 Å². The third-order valence-corrected chi connectivity index (χ3v) is 7.98. The fourth-order valence-electron chi connectivity index (χ4n) is 5.33. The molecular weight excluding hydrogens is 464 g/mol. The first-order chi connectivity index (χ1) is 18.7. The van der Waals surface area contributed by atoms with Gasteiger partial charge in [-0.3, -0.25) is 0 Å². The zero-order valence-electron chi connectivity index (χ0n) is 26.1. The van der Waals surface area contributed by atoms with Crippen molar-refractivity contribution in [3.63, 3.8) is 0 Å². The van der Waals surface area contributed by atoms with Gasteiger partial charge in [0.1, 0.15) is 0 Å². The number of carboxylic acid groups (broad SMARTS) is 1. The highest BCUT2D eigenvalue weighted by atomic mass is 16.4. The van der Waals surface area contributed by atoms with E-state index in [1.807, 2.05) is 12.2 Å². The van der Waals surface area contributed by atoms with Crippen LogP contribution >= 0.6 is 0 Å². The highest BCUT2D eigenvalue weighted by molar-refractivity contribution is 5.86. The Balaban J connectivity index is 3.55. The molecule has 0 heterocycles. The van der Waals surface area contributed by atoms with E-state index in [2.05, 4.69) is 19.9 Å². The monoisotopic (exact) mass is 533 g/mol. The van der Waals surface area contributed by atoms with Gasteiger partial charge in [-0.05, 0) is 25.7 Å². The number of aliphatic carboxylic acids is 1. The number of rotatable bonds is 31. The van der Waals surface area contributed by atoms with E-state index >= 15 is 0 Å². The predicted octanol–water partition coefficient (Wildman–Crippen LogP) is 12.9. The van der Waals surface area contributed by atoms with Gasteiger partial charge in [0, 0.05) is 5.57 Å². The molecule has 0 aromatic carbocycles. The molecule has 0 aliphatic carbocycles. The van der Waals surface area contributed by atoms with E-state index in [1.54, 1.807) is 0 Å². The lowest BCUT2D eigenvalue weighted by atomic mass is 10.0. The molecule has 0 aliphatic heterocycles. The number of hydrogen-bond donors (Lipinski definition) is 1. The molecule has 0 aromatic rings. The standard InChI is InChI=1S/C36H68O2/c1-3-5-7-9-11-13-15-17-19-20-22-24-26-28-30-32-34-35(36(37)38)33-31-29-27-25-23-21-18-16-14-12-10-8-6-4-2/h30,32,34H,3-29,31,33H2,1-2H3,(H,37,38). The van der Waals surface area contributed by atoms with Gasteiger partial charge in [0.05, 0.1) is 0 Å². The molecule has 0 radical (unpaired) electrons. The molecule has 0 unspecified atom stereocenters. The van der Waals surface area contributed by atoms with E-state index in [0.29, 0.717) is 12.0 Å². The van der Waals surface area contributed by atoms with Crippen LogP contribution in [0, 0.1) is 0 Å². The van der Waals surface area contributed by atoms with Gasteiger partial charge >= 0.3 is 5.97 Å². The summed E-state index contributed by atoms with van der Waals surface area (Å²) in [5.41, 5.74) is 0.575. The van der Waals surface area contributed by atoms with Crippen LogP contribution in [0.3, 0.4) is 0 Å². The maximum atomic E-state index is 11.6.